The molecule has 0 aliphatic carbocycles. The molecular formula is C29H36N2O5S. The summed E-state index contributed by atoms with van der Waals surface area (Å²) in [4.78, 5) is 32.2. The van der Waals surface area contributed by atoms with E-state index in [1.54, 1.807) is 42.6 Å². The Balaban J connectivity index is 1.71. The van der Waals surface area contributed by atoms with Gasteiger partial charge in [0.05, 0.1) is 20.8 Å². The molecule has 2 aromatic carbocycles. The summed E-state index contributed by atoms with van der Waals surface area (Å²) in [6, 6.07) is 18.9. The average molecular weight is 525 g/mol. The van der Waals surface area contributed by atoms with Crippen molar-refractivity contribution in [1.82, 2.24) is 9.80 Å². The molecule has 0 saturated heterocycles. The molecule has 0 aliphatic rings. The minimum atomic E-state index is -0.223. The zero-order valence-corrected chi connectivity index (χ0v) is 23.0. The van der Waals surface area contributed by atoms with Crippen LogP contribution in [0, 0.1) is 6.92 Å². The molecule has 0 atom stereocenters. The van der Waals surface area contributed by atoms with E-state index in [2.05, 4.69) is 19.1 Å². The number of benzene rings is 2. The zero-order valence-electron chi connectivity index (χ0n) is 22.2. The zero-order chi connectivity index (χ0) is 26.8. The highest BCUT2D eigenvalue weighted by molar-refractivity contribution is 7.11. The van der Waals surface area contributed by atoms with Gasteiger partial charge in [-0.25, -0.2) is 0 Å². The van der Waals surface area contributed by atoms with Gasteiger partial charge in [0, 0.05) is 22.3 Å². The molecular weight excluding hydrogens is 488 g/mol. The lowest BCUT2D eigenvalue weighted by Crippen LogP contribution is -2.47. The Kier molecular flexibility index (Phi) is 10.4. The number of methoxy groups -OCH3 is 2. The second-order valence-corrected chi connectivity index (χ2v) is 10.4. The van der Waals surface area contributed by atoms with E-state index in [1.807, 2.05) is 55.1 Å². The van der Waals surface area contributed by atoms with Gasteiger partial charge in [-0.3, -0.25) is 9.59 Å². The first kappa shape index (κ1) is 28.1. The Morgan fingerprint density at radius 2 is 1.65 bits per heavy atom. The predicted molar refractivity (Wildman–Crippen MR) is 147 cm³/mol. The van der Waals surface area contributed by atoms with Gasteiger partial charge in [0.2, 0.25) is 5.91 Å². The van der Waals surface area contributed by atoms with Crippen molar-refractivity contribution in [3.05, 3.63) is 76.0 Å². The first-order chi connectivity index (χ1) is 17.8. The minimum absolute atomic E-state index is 0.00899. The normalized spacial score (nSPS) is 10.8. The summed E-state index contributed by atoms with van der Waals surface area (Å²) in [5, 5.41) is 0. The van der Waals surface area contributed by atoms with Gasteiger partial charge in [-0.15, -0.1) is 11.3 Å². The molecule has 2 amide bonds. The van der Waals surface area contributed by atoms with Gasteiger partial charge >= 0.3 is 0 Å². The van der Waals surface area contributed by atoms with Crippen LogP contribution in [0.2, 0.25) is 0 Å². The Bertz CT molecular complexity index is 1160. The number of aryl methyl sites for hydroxylation is 1. The average Bonchev–Trinajstić information content (AvgIpc) is 3.32. The van der Waals surface area contributed by atoms with Crippen LogP contribution in [0.4, 0.5) is 0 Å². The van der Waals surface area contributed by atoms with Crippen LogP contribution >= 0.6 is 11.3 Å². The van der Waals surface area contributed by atoms with Crippen molar-refractivity contribution >= 4 is 23.2 Å². The van der Waals surface area contributed by atoms with Gasteiger partial charge in [-0.05, 0) is 69.2 Å². The van der Waals surface area contributed by atoms with Gasteiger partial charge in [0.1, 0.15) is 12.3 Å². The van der Waals surface area contributed by atoms with E-state index < -0.39 is 0 Å². The van der Waals surface area contributed by atoms with Crippen LogP contribution in [-0.2, 0) is 22.6 Å². The largest absolute Gasteiger partial charge is 0.493 e. The van der Waals surface area contributed by atoms with E-state index >= 15 is 0 Å². The second kappa shape index (κ2) is 13.7. The van der Waals surface area contributed by atoms with Crippen molar-refractivity contribution in [2.75, 3.05) is 33.9 Å². The molecule has 8 heteroatoms. The Labute approximate surface area is 223 Å². The first-order valence-corrected chi connectivity index (χ1v) is 13.1. The number of para-hydroxylation sites is 1. The quantitative estimate of drug-likeness (QED) is 0.316. The van der Waals surface area contributed by atoms with Crippen molar-refractivity contribution in [3.63, 3.8) is 0 Å². The highest BCUT2D eigenvalue weighted by Crippen LogP contribution is 2.28. The summed E-state index contributed by atoms with van der Waals surface area (Å²) in [7, 11) is 3.21. The molecule has 0 N–H and O–H groups in total. The van der Waals surface area contributed by atoms with Crippen LogP contribution in [0.5, 0.6) is 17.2 Å². The molecule has 198 valence electrons. The van der Waals surface area contributed by atoms with Crippen LogP contribution in [0.15, 0.2) is 60.7 Å². The first-order valence-electron chi connectivity index (χ1n) is 12.3. The summed E-state index contributed by atoms with van der Waals surface area (Å²) in [6.07, 6.45) is 0.642. The molecule has 7 nitrogen and oxygen atoms in total. The molecule has 0 fully saturated rings. The van der Waals surface area contributed by atoms with Crippen molar-refractivity contribution in [1.29, 1.82) is 0 Å². The molecule has 1 aromatic heterocycles. The van der Waals surface area contributed by atoms with Crippen LogP contribution < -0.4 is 14.2 Å². The third-order valence-corrected chi connectivity index (χ3v) is 6.95. The fraction of sp³-hybridized carbons (Fsp3) is 0.379. The predicted octanol–water partition coefficient (Wildman–Crippen LogP) is 4.96. The van der Waals surface area contributed by atoms with Gasteiger partial charge in [-0.1, -0.05) is 24.3 Å². The number of hydrogen-bond donors (Lipinski definition) is 0. The van der Waals surface area contributed by atoms with Crippen molar-refractivity contribution in [3.8, 4) is 17.2 Å². The standard InChI is InChI=1S/C29H36N2O5S/c1-21(2)31(29(33)20-36-24-9-7-6-8-10-24)19-28(32)30(18-25-13-11-22(3)37-25)16-15-23-12-14-26(34-4)27(17-23)35-5/h6-14,17,21H,15-16,18-20H2,1-5H3. The van der Waals surface area contributed by atoms with Crippen molar-refractivity contribution < 1.29 is 23.8 Å². The number of carbonyl (C=O) groups excluding carboxylic acids is 2. The van der Waals surface area contributed by atoms with Crippen LogP contribution in [0.1, 0.15) is 29.2 Å². The topological polar surface area (TPSA) is 68.3 Å². The van der Waals surface area contributed by atoms with Gasteiger partial charge in [-0.2, -0.15) is 0 Å². The number of rotatable bonds is 13. The van der Waals surface area contributed by atoms with E-state index in [0.717, 1.165) is 10.4 Å². The molecule has 3 rings (SSSR count). The fourth-order valence-corrected chi connectivity index (χ4v) is 4.81. The molecule has 0 aliphatic heterocycles. The van der Waals surface area contributed by atoms with Crippen LogP contribution in [-0.4, -0.2) is 61.6 Å². The molecule has 0 saturated carbocycles. The van der Waals surface area contributed by atoms with Crippen LogP contribution in [0.3, 0.4) is 0 Å². The Morgan fingerprint density at radius 1 is 0.919 bits per heavy atom. The Morgan fingerprint density at radius 3 is 2.27 bits per heavy atom. The van der Waals surface area contributed by atoms with E-state index in [1.165, 1.54) is 4.88 Å². The number of ether oxygens (including phenoxy) is 3. The molecule has 37 heavy (non-hydrogen) atoms. The molecule has 0 bridgehead atoms. The smallest absolute Gasteiger partial charge is 0.261 e. The van der Waals surface area contributed by atoms with Crippen molar-refractivity contribution in [2.24, 2.45) is 0 Å². The number of thiophene rings is 1. The van der Waals surface area contributed by atoms with E-state index in [4.69, 9.17) is 14.2 Å². The number of amides is 2. The lowest BCUT2D eigenvalue weighted by molar-refractivity contribution is -0.143. The maximum atomic E-state index is 13.5. The monoisotopic (exact) mass is 524 g/mol. The fourth-order valence-electron chi connectivity index (χ4n) is 3.90. The SMILES string of the molecule is COc1ccc(CCN(Cc2ccc(C)s2)C(=O)CN(C(=O)COc2ccccc2)C(C)C)cc1OC. The number of hydrogen-bond acceptors (Lipinski definition) is 6. The maximum absolute atomic E-state index is 13.5. The van der Waals surface area contributed by atoms with E-state index in [-0.39, 0.29) is 31.0 Å². The van der Waals surface area contributed by atoms with Gasteiger partial charge < -0.3 is 24.0 Å². The summed E-state index contributed by atoms with van der Waals surface area (Å²) < 4.78 is 16.4. The number of carbonyl (C=O) groups is 2. The highest BCUT2D eigenvalue weighted by Gasteiger charge is 2.24. The van der Waals surface area contributed by atoms with Crippen LogP contribution in [0.25, 0.3) is 0 Å². The van der Waals surface area contributed by atoms with Gasteiger partial charge in [0.25, 0.3) is 5.91 Å². The maximum Gasteiger partial charge on any atom is 0.261 e. The lowest BCUT2D eigenvalue weighted by Gasteiger charge is -2.30. The molecule has 0 radical (unpaired) electrons. The van der Waals surface area contributed by atoms with Gasteiger partial charge in [0.15, 0.2) is 18.1 Å². The third-order valence-electron chi connectivity index (χ3n) is 5.97. The van der Waals surface area contributed by atoms with E-state index in [9.17, 15) is 9.59 Å². The number of nitrogens with zero attached hydrogens (tertiary/aromatic N) is 2. The minimum Gasteiger partial charge on any atom is -0.493 e. The molecule has 1 heterocycles. The van der Waals surface area contributed by atoms with Crippen molar-refractivity contribution in [2.45, 2.75) is 39.8 Å². The second-order valence-electron chi connectivity index (χ2n) is 8.98. The highest BCUT2D eigenvalue weighted by atomic mass is 32.1. The summed E-state index contributed by atoms with van der Waals surface area (Å²) in [6.45, 7) is 6.73. The summed E-state index contributed by atoms with van der Waals surface area (Å²) >= 11 is 1.67. The molecule has 3 aromatic rings. The lowest BCUT2D eigenvalue weighted by atomic mass is 10.1. The molecule has 0 spiro atoms. The summed E-state index contributed by atoms with van der Waals surface area (Å²) in [5.41, 5.74) is 1.03. The van der Waals surface area contributed by atoms with E-state index in [0.29, 0.717) is 36.8 Å². The Hall–Kier alpha value is -3.52. The summed E-state index contributed by atoms with van der Waals surface area (Å²) in [5.74, 6) is 1.61. The third kappa shape index (κ3) is 8.25. The molecule has 0 unspecified atom stereocenters.